The van der Waals surface area contributed by atoms with Gasteiger partial charge in [-0.05, 0) is 43.5 Å². The summed E-state index contributed by atoms with van der Waals surface area (Å²) in [6.07, 6.45) is 7.55. The maximum atomic E-state index is 13.0. The van der Waals surface area contributed by atoms with Crippen molar-refractivity contribution in [1.82, 2.24) is 0 Å². The van der Waals surface area contributed by atoms with Crippen LogP contribution in [0.25, 0.3) is 0 Å². The van der Waals surface area contributed by atoms with Gasteiger partial charge >= 0.3 is 11.9 Å². The van der Waals surface area contributed by atoms with Crippen molar-refractivity contribution in [1.29, 1.82) is 0 Å². The second kappa shape index (κ2) is 19.4. The van der Waals surface area contributed by atoms with E-state index >= 15 is 0 Å². The van der Waals surface area contributed by atoms with Gasteiger partial charge in [-0.2, -0.15) is 0 Å². The van der Waals surface area contributed by atoms with Gasteiger partial charge in [0.25, 0.3) is 0 Å². The fraction of sp³-hybridized carbons (Fsp3) is 0.765. The van der Waals surface area contributed by atoms with Gasteiger partial charge in [-0.3, -0.25) is 0 Å². The number of aliphatic hydroxyl groups is 1. The summed E-state index contributed by atoms with van der Waals surface area (Å²) < 4.78 is 39.5. The van der Waals surface area contributed by atoms with Crippen LogP contribution in [0.2, 0.25) is 0 Å². The zero-order chi connectivity index (χ0) is 31.7. The highest BCUT2D eigenvalue weighted by Gasteiger charge is 2.38. The minimum absolute atomic E-state index is 0.00279. The molecule has 2 unspecified atom stereocenters. The Balaban J connectivity index is 1.46. The van der Waals surface area contributed by atoms with Crippen molar-refractivity contribution in [2.24, 2.45) is 10.8 Å². The molecular formula is C34H54O10. The predicted molar refractivity (Wildman–Crippen MR) is 165 cm³/mol. The Kier molecular flexibility index (Phi) is 16.1. The number of carbonyl (C=O) groups is 2. The SMILES string of the molecule is CCCCCCCCOCC(COCC1(CC)COC1)OC(=O)c1ccc(C(=O)OC(CO)COCC2(CC)COC2)cc1. The summed E-state index contributed by atoms with van der Waals surface area (Å²) in [5, 5.41) is 9.68. The second-order valence-electron chi connectivity index (χ2n) is 12.4. The Morgan fingerprint density at radius 1 is 0.705 bits per heavy atom. The van der Waals surface area contributed by atoms with Crippen LogP contribution in [0.15, 0.2) is 24.3 Å². The van der Waals surface area contributed by atoms with E-state index in [0.29, 0.717) is 51.8 Å². The Morgan fingerprint density at radius 3 is 1.61 bits per heavy atom. The van der Waals surface area contributed by atoms with E-state index in [2.05, 4.69) is 20.8 Å². The maximum absolute atomic E-state index is 13.0. The van der Waals surface area contributed by atoms with Crippen molar-refractivity contribution in [3.63, 3.8) is 0 Å². The number of aliphatic hydroxyl groups excluding tert-OH is 1. The van der Waals surface area contributed by atoms with Gasteiger partial charge < -0.3 is 38.3 Å². The summed E-state index contributed by atoms with van der Waals surface area (Å²) in [4.78, 5) is 25.7. The summed E-state index contributed by atoms with van der Waals surface area (Å²) in [5.41, 5.74) is 0.590. The van der Waals surface area contributed by atoms with Crippen molar-refractivity contribution in [3.8, 4) is 0 Å². The van der Waals surface area contributed by atoms with Gasteiger partial charge in [0.15, 0.2) is 0 Å². The fourth-order valence-corrected chi connectivity index (χ4v) is 4.99. The molecule has 0 amide bonds. The van der Waals surface area contributed by atoms with Crippen LogP contribution in [0.4, 0.5) is 0 Å². The van der Waals surface area contributed by atoms with Crippen LogP contribution in [0.5, 0.6) is 0 Å². The summed E-state index contributed by atoms with van der Waals surface area (Å²) in [7, 11) is 0. The summed E-state index contributed by atoms with van der Waals surface area (Å²) in [6.45, 7) is 10.9. The van der Waals surface area contributed by atoms with E-state index in [1.165, 1.54) is 49.9 Å². The van der Waals surface area contributed by atoms with E-state index in [4.69, 9.17) is 33.2 Å². The monoisotopic (exact) mass is 622 g/mol. The highest BCUT2D eigenvalue weighted by molar-refractivity contribution is 5.93. The fourth-order valence-electron chi connectivity index (χ4n) is 4.99. The highest BCUT2D eigenvalue weighted by Crippen LogP contribution is 2.32. The van der Waals surface area contributed by atoms with Crippen LogP contribution in [0, 0.1) is 10.8 Å². The lowest BCUT2D eigenvalue weighted by Gasteiger charge is -2.40. The molecule has 1 aromatic rings. The van der Waals surface area contributed by atoms with Gasteiger partial charge in [-0.1, -0.05) is 52.9 Å². The van der Waals surface area contributed by atoms with Gasteiger partial charge in [-0.15, -0.1) is 0 Å². The Labute approximate surface area is 263 Å². The van der Waals surface area contributed by atoms with Crippen molar-refractivity contribution in [2.45, 2.75) is 84.3 Å². The largest absolute Gasteiger partial charge is 0.454 e. The van der Waals surface area contributed by atoms with E-state index in [-0.39, 0.29) is 42.8 Å². The molecule has 0 saturated carbocycles. The molecule has 0 radical (unpaired) electrons. The van der Waals surface area contributed by atoms with Gasteiger partial charge in [0.2, 0.25) is 0 Å². The molecule has 2 fully saturated rings. The Morgan fingerprint density at radius 2 is 1.16 bits per heavy atom. The second-order valence-corrected chi connectivity index (χ2v) is 12.4. The van der Waals surface area contributed by atoms with Crippen LogP contribution in [-0.4, -0.2) is 102 Å². The lowest BCUT2D eigenvalue weighted by Crippen LogP contribution is -2.46. The van der Waals surface area contributed by atoms with Gasteiger partial charge in [0.05, 0.1) is 77.2 Å². The smallest absolute Gasteiger partial charge is 0.338 e. The quantitative estimate of drug-likeness (QED) is 0.125. The van der Waals surface area contributed by atoms with Crippen LogP contribution in [0.3, 0.4) is 0 Å². The van der Waals surface area contributed by atoms with E-state index in [9.17, 15) is 14.7 Å². The first-order valence-corrected chi connectivity index (χ1v) is 16.4. The molecular weight excluding hydrogens is 568 g/mol. The number of benzene rings is 1. The topological polar surface area (TPSA) is 119 Å². The van der Waals surface area contributed by atoms with Gasteiger partial charge in [0, 0.05) is 17.4 Å². The molecule has 2 aliphatic rings. The van der Waals surface area contributed by atoms with Crippen LogP contribution >= 0.6 is 0 Å². The summed E-state index contributed by atoms with van der Waals surface area (Å²) >= 11 is 0. The molecule has 0 aliphatic carbocycles. The number of hydrogen-bond acceptors (Lipinski definition) is 10. The third-order valence-corrected chi connectivity index (χ3v) is 8.61. The molecule has 2 saturated heterocycles. The third-order valence-electron chi connectivity index (χ3n) is 8.61. The third kappa shape index (κ3) is 11.7. The molecule has 0 aromatic heterocycles. The average Bonchev–Trinajstić information content (AvgIpc) is 3.00. The zero-order valence-corrected chi connectivity index (χ0v) is 27.0. The Hall–Kier alpha value is -2.08. The Bertz CT molecular complexity index is 946. The molecule has 44 heavy (non-hydrogen) atoms. The first-order chi connectivity index (χ1) is 21.4. The molecule has 1 aromatic carbocycles. The number of unbranched alkanes of at least 4 members (excludes halogenated alkanes) is 5. The average molecular weight is 623 g/mol. The highest BCUT2D eigenvalue weighted by atomic mass is 16.6. The molecule has 3 rings (SSSR count). The first kappa shape index (κ1) is 36.4. The number of esters is 2. The minimum Gasteiger partial charge on any atom is -0.454 e. The van der Waals surface area contributed by atoms with Crippen molar-refractivity contribution >= 4 is 11.9 Å². The molecule has 250 valence electrons. The van der Waals surface area contributed by atoms with Gasteiger partial charge in [-0.25, -0.2) is 9.59 Å². The summed E-state index contributed by atoms with van der Waals surface area (Å²) in [6, 6.07) is 6.07. The molecule has 10 nitrogen and oxygen atoms in total. The van der Waals surface area contributed by atoms with Crippen molar-refractivity contribution in [2.75, 3.05) is 72.7 Å². The molecule has 2 heterocycles. The molecule has 1 N–H and O–H groups in total. The molecule has 0 spiro atoms. The maximum Gasteiger partial charge on any atom is 0.338 e. The standard InChI is InChI=1S/C34H54O10/c1-4-7-8-9-10-11-16-38-19-30(20-40-22-34(6-3)25-42-26-34)44-32(37)28-14-12-27(13-15-28)31(36)43-29(17-35)18-39-21-33(5-2)23-41-24-33/h12-15,29-30,35H,4-11,16-26H2,1-3H3. The molecule has 2 aliphatic heterocycles. The van der Waals surface area contributed by atoms with Gasteiger partial charge in [0.1, 0.15) is 12.2 Å². The molecule has 10 heteroatoms. The summed E-state index contributed by atoms with van der Waals surface area (Å²) in [5.74, 6) is -1.13. The predicted octanol–water partition coefficient (Wildman–Crippen LogP) is 4.99. The zero-order valence-electron chi connectivity index (χ0n) is 27.0. The van der Waals surface area contributed by atoms with E-state index in [0.717, 1.165) is 25.7 Å². The lowest BCUT2D eigenvalue weighted by atomic mass is 9.84. The molecule has 2 atom stereocenters. The van der Waals surface area contributed by atoms with E-state index in [1.54, 1.807) is 0 Å². The molecule has 0 bridgehead atoms. The number of carbonyl (C=O) groups excluding carboxylic acids is 2. The van der Waals surface area contributed by atoms with E-state index < -0.39 is 24.1 Å². The van der Waals surface area contributed by atoms with Crippen molar-refractivity contribution in [3.05, 3.63) is 35.4 Å². The van der Waals surface area contributed by atoms with Crippen LogP contribution in [-0.2, 0) is 33.2 Å². The van der Waals surface area contributed by atoms with Crippen LogP contribution in [0.1, 0.15) is 92.9 Å². The van der Waals surface area contributed by atoms with Crippen molar-refractivity contribution < 1.29 is 47.9 Å². The number of rotatable bonds is 24. The number of ether oxygens (including phenoxy) is 7. The number of hydrogen-bond donors (Lipinski definition) is 1. The van der Waals surface area contributed by atoms with Crippen LogP contribution < -0.4 is 0 Å². The lowest BCUT2D eigenvalue weighted by molar-refractivity contribution is -0.157. The first-order valence-electron chi connectivity index (χ1n) is 16.4. The minimum atomic E-state index is -0.794. The van der Waals surface area contributed by atoms with E-state index in [1.807, 2.05) is 0 Å². The normalized spacial score (nSPS) is 18.1.